The van der Waals surface area contributed by atoms with Crippen molar-refractivity contribution in [2.75, 3.05) is 0 Å². The third-order valence-electron chi connectivity index (χ3n) is 1.27. The molecule has 0 aliphatic heterocycles. The molecule has 0 aliphatic rings. The molecule has 0 N–H and O–H groups in total. The molecule has 4 heteroatoms. The first-order valence-electron chi connectivity index (χ1n) is 3.07. The summed E-state index contributed by atoms with van der Waals surface area (Å²) in [6.45, 7) is 0. The summed E-state index contributed by atoms with van der Waals surface area (Å²) in [5.74, 6) is 0. The zero-order chi connectivity index (χ0) is 9.19. The van der Waals surface area contributed by atoms with E-state index >= 15 is 0 Å². The molecule has 0 aromatic heterocycles. The van der Waals surface area contributed by atoms with E-state index in [1.54, 1.807) is 0 Å². The van der Waals surface area contributed by atoms with Gasteiger partial charge < -0.3 is 0 Å². The summed E-state index contributed by atoms with van der Waals surface area (Å²) in [5, 5.41) is 0. The van der Waals surface area contributed by atoms with Crippen molar-refractivity contribution in [2.45, 2.75) is 6.18 Å². The molecule has 0 amide bonds. The van der Waals surface area contributed by atoms with Crippen LogP contribution >= 0.6 is 0 Å². The lowest BCUT2D eigenvalue weighted by atomic mass is 10.1. The molecule has 1 rings (SSSR count). The normalized spacial score (nSPS) is 11.2. The minimum absolute atomic E-state index is 0.0233. The van der Waals surface area contributed by atoms with Crippen molar-refractivity contribution < 1.29 is 18.0 Å². The lowest BCUT2D eigenvalue weighted by Crippen LogP contribution is -2.04. The number of hydrogen-bond acceptors (Lipinski definition) is 1. The van der Waals surface area contributed by atoms with Gasteiger partial charge in [0.05, 0.1) is 5.56 Å². The number of carbonyl (C=O) groups is 1. The number of benzene rings is 1. The maximum absolute atomic E-state index is 12.0. The van der Waals surface area contributed by atoms with Crippen LogP contribution in [0, 0.1) is 6.07 Å². The van der Waals surface area contributed by atoms with Crippen LogP contribution in [0.25, 0.3) is 0 Å². The first-order valence-corrected chi connectivity index (χ1v) is 3.07. The van der Waals surface area contributed by atoms with Crippen LogP contribution in [0.1, 0.15) is 15.9 Å². The minimum Gasteiger partial charge on any atom is -0.298 e. The van der Waals surface area contributed by atoms with Crippen LogP contribution in [0.4, 0.5) is 13.2 Å². The van der Waals surface area contributed by atoms with Gasteiger partial charge in [0, 0.05) is 5.56 Å². The van der Waals surface area contributed by atoms with Gasteiger partial charge in [0.15, 0.2) is 0 Å². The Kier molecular flexibility index (Phi) is 2.17. The summed E-state index contributed by atoms with van der Waals surface area (Å²) in [6, 6.07) is 5.01. The molecule has 1 nitrogen and oxygen atoms in total. The van der Waals surface area contributed by atoms with Gasteiger partial charge in [-0.3, -0.25) is 4.79 Å². The molecule has 1 aromatic carbocycles. The van der Waals surface area contributed by atoms with Crippen molar-refractivity contribution >= 4 is 6.29 Å². The summed E-state index contributed by atoms with van der Waals surface area (Å²) in [6.07, 6.45) is -4.05. The van der Waals surface area contributed by atoms with E-state index in [1.807, 2.05) is 0 Å². The Balaban J connectivity index is 3.10. The van der Waals surface area contributed by atoms with E-state index in [-0.39, 0.29) is 5.56 Å². The number of carbonyl (C=O) groups excluding carboxylic acids is 1. The molecule has 63 valence electrons. The van der Waals surface area contributed by atoms with E-state index in [2.05, 4.69) is 6.07 Å². The summed E-state index contributed by atoms with van der Waals surface area (Å²) in [5.41, 5.74) is -0.878. The molecule has 0 heterocycles. The predicted molar refractivity (Wildman–Crippen MR) is 35.7 cm³/mol. The van der Waals surface area contributed by atoms with Crippen molar-refractivity contribution in [1.29, 1.82) is 0 Å². The highest BCUT2D eigenvalue weighted by atomic mass is 19.4. The Morgan fingerprint density at radius 3 is 2.50 bits per heavy atom. The van der Waals surface area contributed by atoms with Gasteiger partial charge >= 0.3 is 6.18 Å². The zero-order valence-electron chi connectivity index (χ0n) is 5.85. The Bertz CT molecular complexity index is 291. The predicted octanol–water partition coefficient (Wildman–Crippen LogP) is 2.32. The fourth-order valence-electron chi connectivity index (χ4n) is 0.722. The quantitative estimate of drug-likeness (QED) is 0.595. The van der Waals surface area contributed by atoms with E-state index in [0.29, 0.717) is 6.29 Å². The van der Waals surface area contributed by atoms with Gasteiger partial charge in [-0.05, 0) is 24.3 Å². The number of rotatable bonds is 1. The second-order valence-electron chi connectivity index (χ2n) is 2.17. The molecule has 0 fully saturated rings. The van der Waals surface area contributed by atoms with Crippen LogP contribution in [0.3, 0.4) is 0 Å². The summed E-state index contributed by atoms with van der Waals surface area (Å²) < 4.78 is 35.9. The average molecular weight is 173 g/mol. The first-order chi connectivity index (χ1) is 5.54. The van der Waals surface area contributed by atoms with Crippen LogP contribution in [-0.2, 0) is 6.18 Å². The van der Waals surface area contributed by atoms with E-state index < -0.39 is 11.7 Å². The molecule has 0 saturated heterocycles. The second-order valence-corrected chi connectivity index (χ2v) is 2.17. The smallest absolute Gasteiger partial charge is 0.298 e. The van der Waals surface area contributed by atoms with Gasteiger partial charge in [-0.1, -0.05) is 0 Å². The Labute approximate surface area is 66.8 Å². The van der Waals surface area contributed by atoms with Gasteiger partial charge in [-0.2, -0.15) is 13.2 Å². The Hall–Kier alpha value is -1.32. The molecule has 12 heavy (non-hydrogen) atoms. The first kappa shape index (κ1) is 8.77. The second kappa shape index (κ2) is 2.97. The van der Waals surface area contributed by atoms with E-state index in [4.69, 9.17) is 0 Å². The lowest BCUT2D eigenvalue weighted by Gasteiger charge is -2.05. The van der Waals surface area contributed by atoms with Crippen LogP contribution in [0.5, 0.6) is 0 Å². The van der Waals surface area contributed by atoms with Gasteiger partial charge in [-0.25, -0.2) is 0 Å². The lowest BCUT2D eigenvalue weighted by molar-refractivity contribution is -0.137. The van der Waals surface area contributed by atoms with E-state index in [0.717, 1.165) is 12.1 Å². The Morgan fingerprint density at radius 1 is 1.33 bits per heavy atom. The van der Waals surface area contributed by atoms with E-state index in [1.165, 1.54) is 6.07 Å². The van der Waals surface area contributed by atoms with Gasteiger partial charge in [0.2, 0.25) is 0 Å². The van der Waals surface area contributed by atoms with Gasteiger partial charge in [0.25, 0.3) is 0 Å². The van der Waals surface area contributed by atoms with E-state index in [9.17, 15) is 18.0 Å². The highest BCUT2D eigenvalue weighted by Gasteiger charge is 2.30. The maximum Gasteiger partial charge on any atom is 0.416 e. The highest BCUT2D eigenvalue weighted by Crippen LogP contribution is 2.28. The number of hydrogen-bond donors (Lipinski definition) is 0. The highest BCUT2D eigenvalue weighted by molar-refractivity contribution is 5.74. The molecular weight excluding hydrogens is 169 g/mol. The molecule has 0 unspecified atom stereocenters. The summed E-state index contributed by atoms with van der Waals surface area (Å²) >= 11 is 0. The van der Waals surface area contributed by atoms with Crippen molar-refractivity contribution in [3.8, 4) is 0 Å². The number of halogens is 3. The number of alkyl halides is 3. The van der Waals surface area contributed by atoms with Crippen molar-refractivity contribution in [3.05, 3.63) is 35.4 Å². The topological polar surface area (TPSA) is 17.1 Å². The van der Waals surface area contributed by atoms with Crippen LogP contribution in [-0.4, -0.2) is 6.29 Å². The third-order valence-corrected chi connectivity index (χ3v) is 1.27. The summed E-state index contributed by atoms with van der Waals surface area (Å²) in [4.78, 5) is 10.1. The maximum atomic E-state index is 12.0. The largest absolute Gasteiger partial charge is 0.416 e. The van der Waals surface area contributed by atoms with Crippen molar-refractivity contribution in [3.63, 3.8) is 0 Å². The molecule has 0 aliphatic carbocycles. The van der Waals surface area contributed by atoms with Crippen molar-refractivity contribution in [2.24, 2.45) is 0 Å². The molecule has 0 saturated carbocycles. The Morgan fingerprint density at radius 2 is 2.00 bits per heavy atom. The van der Waals surface area contributed by atoms with Crippen LogP contribution in [0.2, 0.25) is 0 Å². The molecule has 1 radical (unpaired) electrons. The minimum atomic E-state index is -4.41. The third kappa shape index (κ3) is 1.84. The average Bonchev–Trinajstić information content (AvgIpc) is 2.03. The fourth-order valence-corrected chi connectivity index (χ4v) is 0.722. The molecule has 0 bridgehead atoms. The zero-order valence-corrected chi connectivity index (χ0v) is 5.85. The number of aldehydes is 1. The summed E-state index contributed by atoms with van der Waals surface area (Å²) in [7, 11) is 0. The van der Waals surface area contributed by atoms with Crippen LogP contribution in [0.15, 0.2) is 18.2 Å². The molecular formula is C8H4F3O. The monoisotopic (exact) mass is 173 g/mol. The standard InChI is InChI=1S/C8H4F3O/c9-8(10,11)7-3-1-2-6(4-7)5-12/h2-5H. The van der Waals surface area contributed by atoms with Gasteiger partial charge in [0.1, 0.15) is 6.29 Å². The SMILES string of the molecule is O=Cc1c[c]cc(C(F)(F)F)c1. The van der Waals surface area contributed by atoms with Gasteiger partial charge in [-0.15, -0.1) is 0 Å². The molecule has 0 spiro atoms. The van der Waals surface area contributed by atoms with Crippen molar-refractivity contribution in [1.82, 2.24) is 0 Å². The molecule has 0 atom stereocenters. The fraction of sp³-hybridized carbons (Fsp3) is 0.125. The van der Waals surface area contributed by atoms with Crippen LogP contribution < -0.4 is 0 Å². The molecule has 1 aromatic rings.